The van der Waals surface area contributed by atoms with E-state index in [9.17, 15) is 10.2 Å². The Labute approximate surface area is 288 Å². The van der Waals surface area contributed by atoms with Crippen LogP contribution in [0.15, 0.2) is 60.7 Å². The highest BCUT2D eigenvalue weighted by Crippen LogP contribution is 2.44. The van der Waals surface area contributed by atoms with Gasteiger partial charge >= 0.3 is 0 Å². The molecule has 8 rings (SSSR count). The Kier molecular flexibility index (Phi) is 10.4. The number of ether oxygens (including phenoxy) is 9. The Balaban J connectivity index is 1.05. The second-order valence-corrected chi connectivity index (χ2v) is 14.5. The zero-order valence-corrected chi connectivity index (χ0v) is 28.0. The maximum Gasteiger partial charge on any atom is 0.190 e. The van der Waals surface area contributed by atoms with Crippen molar-refractivity contribution >= 4 is 0 Å². The Morgan fingerprint density at radius 2 is 1.06 bits per heavy atom. The fourth-order valence-corrected chi connectivity index (χ4v) is 8.33. The first-order valence-electron chi connectivity index (χ1n) is 18.3. The van der Waals surface area contributed by atoms with Crippen molar-refractivity contribution in [2.45, 2.75) is 150 Å². The first-order valence-corrected chi connectivity index (χ1v) is 18.3. The summed E-state index contributed by atoms with van der Waals surface area (Å²) in [6.07, 6.45) is 0.770. The molecule has 0 unspecified atom stereocenters. The second-order valence-electron chi connectivity index (χ2n) is 14.5. The van der Waals surface area contributed by atoms with Gasteiger partial charge in [0.05, 0.1) is 26.4 Å². The summed E-state index contributed by atoms with van der Waals surface area (Å²) in [5, 5.41) is 22.8. The van der Waals surface area contributed by atoms with Crippen molar-refractivity contribution in [1.82, 2.24) is 0 Å². The lowest BCUT2D eigenvalue weighted by atomic mass is 9.90. The lowest BCUT2D eigenvalue weighted by Gasteiger charge is -2.54. The van der Waals surface area contributed by atoms with Gasteiger partial charge in [0.2, 0.25) is 0 Å². The molecule has 11 heteroatoms. The van der Waals surface area contributed by atoms with Gasteiger partial charge in [-0.15, -0.1) is 0 Å². The first kappa shape index (κ1) is 34.1. The van der Waals surface area contributed by atoms with Crippen LogP contribution in [0, 0.1) is 0 Å². The van der Waals surface area contributed by atoms with E-state index in [1.165, 1.54) is 0 Å². The van der Waals surface area contributed by atoms with Gasteiger partial charge in [-0.05, 0) is 36.8 Å². The van der Waals surface area contributed by atoms with Crippen LogP contribution in [0.1, 0.15) is 75.3 Å². The molecule has 268 valence electrons. The summed E-state index contributed by atoms with van der Waals surface area (Å²) in [6, 6.07) is 19.9. The van der Waals surface area contributed by atoms with Gasteiger partial charge in [0, 0.05) is 25.7 Å². The average Bonchev–Trinajstić information content (AvgIpc) is 3.14. The molecule has 49 heavy (non-hydrogen) atoms. The molecule has 4 heterocycles. The van der Waals surface area contributed by atoms with E-state index in [0.717, 1.165) is 75.3 Å². The van der Waals surface area contributed by atoms with Crippen molar-refractivity contribution < 1.29 is 52.8 Å². The number of aliphatic hydroxyl groups is 2. The van der Waals surface area contributed by atoms with Gasteiger partial charge in [-0.1, -0.05) is 73.5 Å². The van der Waals surface area contributed by atoms with Crippen LogP contribution in [-0.2, 0) is 55.8 Å². The van der Waals surface area contributed by atoms with Crippen LogP contribution in [0.4, 0.5) is 0 Å². The van der Waals surface area contributed by atoms with Gasteiger partial charge in [0.15, 0.2) is 24.2 Å². The Morgan fingerprint density at radius 1 is 0.571 bits per heavy atom. The van der Waals surface area contributed by atoms with Gasteiger partial charge in [0.25, 0.3) is 0 Å². The first-order chi connectivity index (χ1) is 24.0. The van der Waals surface area contributed by atoms with E-state index in [2.05, 4.69) is 0 Å². The maximum absolute atomic E-state index is 11.4. The lowest BCUT2D eigenvalue weighted by Crippen LogP contribution is -2.69. The number of benzene rings is 2. The van der Waals surface area contributed by atoms with Crippen LogP contribution in [0.3, 0.4) is 0 Å². The van der Waals surface area contributed by atoms with E-state index in [4.69, 9.17) is 42.6 Å². The predicted molar refractivity (Wildman–Crippen MR) is 174 cm³/mol. The van der Waals surface area contributed by atoms with Crippen molar-refractivity contribution in [3.63, 3.8) is 0 Å². The fraction of sp³-hybridized carbons (Fsp3) is 0.684. The molecule has 2 aromatic rings. The molecule has 4 saturated heterocycles. The summed E-state index contributed by atoms with van der Waals surface area (Å²) < 4.78 is 58.6. The van der Waals surface area contributed by atoms with Crippen molar-refractivity contribution in [2.75, 3.05) is 13.2 Å². The third kappa shape index (κ3) is 7.36. The fourth-order valence-electron chi connectivity index (χ4n) is 8.33. The third-order valence-electron chi connectivity index (χ3n) is 11.0. The van der Waals surface area contributed by atoms with E-state index in [1.54, 1.807) is 0 Å². The largest absolute Gasteiger partial charge is 0.387 e. The zero-order chi connectivity index (χ0) is 33.3. The van der Waals surface area contributed by atoms with Crippen LogP contribution in [0.2, 0.25) is 0 Å². The molecule has 2 aliphatic carbocycles. The summed E-state index contributed by atoms with van der Waals surface area (Å²) in [7, 11) is 0. The quantitative estimate of drug-likeness (QED) is 0.409. The van der Waals surface area contributed by atoms with E-state index in [0.29, 0.717) is 13.2 Å². The highest BCUT2D eigenvalue weighted by Gasteiger charge is 2.58. The highest BCUT2D eigenvalue weighted by molar-refractivity contribution is 5.15. The molecule has 2 N–H and O–H groups in total. The number of rotatable bonds is 8. The smallest absolute Gasteiger partial charge is 0.190 e. The van der Waals surface area contributed by atoms with Crippen molar-refractivity contribution in [2.24, 2.45) is 0 Å². The number of hydrogen-bond donors (Lipinski definition) is 2. The summed E-state index contributed by atoms with van der Waals surface area (Å²) in [5.74, 6) is -1.43. The standard InChI is InChI=1S/C38H50O11/c39-29-30(40)35(45-27-23-43-37(48-31(27)29)17-9-3-10-18-37)47-36-34(42-22-26-15-7-2-8-16-26)33(41-21-25-13-5-1-6-14-25)32-28(46-36)24-44-38(49-32)19-11-4-12-20-38/h1-2,5-8,13-16,27-36,39-40H,3-4,9-12,17-24H2/t27-,28-,29-,30-,31-,32-,33+,34-,35-,36-/m1/s1. The molecule has 10 atom stereocenters. The number of aliphatic hydroxyl groups excluding tert-OH is 2. The minimum atomic E-state index is -1.40. The van der Waals surface area contributed by atoms with Gasteiger partial charge in [0.1, 0.15) is 48.8 Å². The molecule has 0 radical (unpaired) electrons. The topological polar surface area (TPSA) is 124 Å². The predicted octanol–water partition coefficient (Wildman–Crippen LogP) is 4.50. The van der Waals surface area contributed by atoms with Crippen LogP contribution in [0.25, 0.3) is 0 Å². The summed E-state index contributed by atoms with van der Waals surface area (Å²) in [6.45, 7) is 1.12. The normalized spacial score (nSPS) is 38.5. The van der Waals surface area contributed by atoms with E-state index in [-0.39, 0.29) is 13.2 Å². The summed E-state index contributed by atoms with van der Waals surface area (Å²) in [5.41, 5.74) is 1.99. The van der Waals surface area contributed by atoms with E-state index in [1.807, 2.05) is 60.7 Å². The van der Waals surface area contributed by atoms with Crippen LogP contribution in [-0.4, -0.2) is 96.4 Å². The summed E-state index contributed by atoms with van der Waals surface area (Å²) >= 11 is 0. The Bertz CT molecular complexity index is 1330. The van der Waals surface area contributed by atoms with Crippen molar-refractivity contribution in [3.05, 3.63) is 71.8 Å². The Morgan fingerprint density at radius 3 is 1.63 bits per heavy atom. The van der Waals surface area contributed by atoms with Crippen LogP contribution in [0.5, 0.6) is 0 Å². The van der Waals surface area contributed by atoms with Crippen molar-refractivity contribution in [1.29, 1.82) is 0 Å². The molecular formula is C38H50O11. The second kappa shape index (κ2) is 14.9. The highest BCUT2D eigenvalue weighted by atomic mass is 16.8. The molecule has 0 amide bonds. The van der Waals surface area contributed by atoms with E-state index >= 15 is 0 Å². The molecule has 2 spiro atoms. The molecule has 6 aliphatic rings. The van der Waals surface area contributed by atoms with Crippen LogP contribution < -0.4 is 0 Å². The summed E-state index contributed by atoms with van der Waals surface area (Å²) in [4.78, 5) is 0. The number of hydrogen-bond acceptors (Lipinski definition) is 11. The average molecular weight is 683 g/mol. The van der Waals surface area contributed by atoms with Gasteiger partial charge in [-0.25, -0.2) is 0 Å². The molecule has 11 nitrogen and oxygen atoms in total. The van der Waals surface area contributed by atoms with Gasteiger partial charge in [-0.2, -0.15) is 0 Å². The maximum atomic E-state index is 11.4. The van der Waals surface area contributed by atoms with Crippen molar-refractivity contribution in [3.8, 4) is 0 Å². The molecule has 2 aromatic carbocycles. The molecule has 2 saturated carbocycles. The SMILES string of the molecule is O[C@@H]1[C@@H](O)[C@@H](O[C@H]2O[C@@H]3COC4(CCCCC4)O[C@H]3[C@H](OCc3ccccc3)[C@H]2OCc2ccccc2)O[C@@H]2COC3(CCCCC3)O[C@@H]12. The zero-order valence-electron chi connectivity index (χ0n) is 28.0. The number of fused-ring (bicyclic) bond motifs is 2. The minimum absolute atomic E-state index is 0.227. The van der Waals surface area contributed by atoms with Gasteiger partial charge in [-0.3, -0.25) is 0 Å². The molecule has 6 fully saturated rings. The lowest BCUT2D eigenvalue weighted by molar-refractivity contribution is -0.436. The van der Waals surface area contributed by atoms with Crippen LogP contribution >= 0.6 is 0 Å². The van der Waals surface area contributed by atoms with E-state index < -0.39 is 73.0 Å². The van der Waals surface area contributed by atoms with Gasteiger partial charge < -0.3 is 52.8 Å². The Hall–Kier alpha value is -2.00. The molecule has 0 aromatic heterocycles. The minimum Gasteiger partial charge on any atom is -0.387 e. The monoisotopic (exact) mass is 682 g/mol. The molecule has 0 bridgehead atoms. The molecule has 4 aliphatic heterocycles. The third-order valence-corrected chi connectivity index (χ3v) is 11.0. The molecular weight excluding hydrogens is 632 g/mol.